The zero-order chi connectivity index (χ0) is 16.8. The van der Waals surface area contributed by atoms with E-state index in [0.717, 1.165) is 34.3 Å². The van der Waals surface area contributed by atoms with Gasteiger partial charge in [-0.1, -0.05) is 15.9 Å². The summed E-state index contributed by atoms with van der Waals surface area (Å²) in [5, 5.41) is 1.12. The van der Waals surface area contributed by atoms with Crippen LogP contribution < -0.4 is 4.90 Å². The van der Waals surface area contributed by atoms with Crippen molar-refractivity contribution in [3.63, 3.8) is 0 Å². The number of piperazine rings is 1. The smallest absolute Gasteiger partial charge is 0.140 e. The highest BCUT2D eigenvalue weighted by atomic mass is 79.9. The van der Waals surface area contributed by atoms with Crippen molar-refractivity contribution in [1.82, 2.24) is 14.9 Å². The van der Waals surface area contributed by atoms with Gasteiger partial charge < -0.3 is 4.90 Å². The van der Waals surface area contributed by atoms with E-state index in [1.165, 1.54) is 0 Å². The normalized spacial score (nSPS) is 23.5. The Morgan fingerprint density at radius 2 is 1.74 bits per heavy atom. The molecule has 0 unspecified atom stereocenters. The van der Waals surface area contributed by atoms with Crippen molar-refractivity contribution in [2.45, 2.75) is 52.2 Å². The van der Waals surface area contributed by atoms with Gasteiger partial charge in [-0.2, -0.15) is 0 Å². The minimum absolute atomic E-state index is 0.200. The molecule has 124 valence electrons. The standard InChI is InChI=1S/C18H25BrN4/c1-12-9-22(18(3,4)5)10-13(2)23(12)17-15-8-14(19)6-7-16(15)20-11-21-17/h6-8,11-13H,9-10H2,1-5H3/t12-,13+. The Balaban J connectivity index is 2.01. The summed E-state index contributed by atoms with van der Waals surface area (Å²) in [4.78, 5) is 14.1. The minimum atomic E-state index is 0.200. The molecule has 2 aromatic rings. The van der Waals surface area contributed by atoms with Crippen molar-refractivity contribution in [3.8, 4) is 0 Å². The fourth-order valence-corrected chi connectivity index (χ4v) is 3.87. The van der Waals surface area contributed by atoms with Gasteiger partial charge in [0.15, 0.2) is 0 Å². The summed E-state index contributed by atoms with van der Waals surface area (Å²) in [6.07, 6.45) is 1.68. The lowest BCUT2D eigenvalue weighted by Gasteiger charge is -2.49. The highest BCUT2D eigenvalue weighted by Crippen LogP contribution is 2.32. The van der Waals surface area contributed by atoms with Crippen LogP contribution in [0.2, 0.25) is 0 Å². The Morgan fingerprint density at radius 1 is 1.09 bits per heavy atom. The van der Waals surface area contributed by atoms with Crippen molar-refractivity contribution in [2.24, 2.45) is 0 Å². The Morgan fingerprint density at radius 3 is 2.35 bits per heavy atom. The largest absolute Gasteiger partial charge is 0.348 e. The molecule has 0 radical (unpaired) electrons. The summed E-state index contributed by atoms with van der Waals surface area (Å²) in [6.45, 7) is 13.6. The molecular formula is C18H25BrN4. The topological polar surface area (TPSA) is 32.3 Å². The second-order valence-electron chi connectivity index (χ2n) is 7.54. The third-order valence-electron chi connectivity index (χ3n) is 4.69. The lowest BCUT2D eigenvalue weighted by atomic mass is 9.99. The van der Waals surface area contributed by atoms with Gasteiger partial charge in [-0.25, -0.2) is 9.97 Å². The Hall–Kier alpha value is -1.20. The maximum atomic E-state index is 4.64. The van der Waals surface area contributed by atoms with Gasteiger partial charge in [-0.15, -0.1) is 0 Å². The summed E-state index contributed by atoms with van der Waals surface area (Å²) in [5.41, 5.74) is 1.20. The van der Waals surface area contributed by atoms with Crippen LogP contribution in [0.1, 0.15) is 34.6 Å². The predicted molar refractivity (Wildman–Crippen MR) is 100.0 cm³/mol. The van der Waals surface area contributed by atoms with Crippen LogP contribution in [-0.4, -0.2) is 45.6 Å². The van der Waals surface area contributed by atoms with Crippen molar-refractivity contribution in [1.29, 1.82) is 0 Å². The van der Waals surface area contributed by atoms with E-state index in [9.17, 15) is 0 Å². The highest BCUT2D eigenvalue weighted by molar-refractivity contribution is 9.10. The monoisotopic (exact) mass is 376 g/mol. The molecule has 0 bridgehead atoms. The highest BCUT2D eigenvalue weighted by Gasteiger charge is 2.35. The molecule has 0 amide bonds. The Bertz CT molecular complexity index is 698. The van der Waals surface area contributed by atoms with E-state index in [4.69, 9.17) is 0 Å². The molecular weight excluding hydrogens is 352 g/mol. The molecule has 0 N–H and O–H groups in total. The van der Waals surface area contributed by atoms with E-state index in [1.807, 2.05) is 12.1 Å². The zero-order valence-corrected chi connectivity index (χ0v) is 16.1. The molecule has 4 nitrogen and oxygen atoms in total. The van der Waals surface area contributed by atoms with Gasteiger partial charge in [0.05, 0.1) is 5.52 Å². The average Bonchev–Trinajstić information content (AvgIpc) is 2.46. The van der Waals surface area contributed by atoms with Crippen molar-refractivity contribution >= 4 is 32.7 Å². The van der Waals surface area contributed by atoms with E-state index >= 15 is 0 Å². The molecule has 1 aliphatic rings. The molecule has 5 heteroatoms. The molecule has 2 heterocycles. The van der Waals surface area contributed by atoms with Crippen LogP contribution in [0, 0.1) is 0 Å². The second-order valence-corrected chi connectivity index (χ2v) is 8.46. The first-order valence-corrected chi connectivity index (χ1v) is 9.00. The van der Waals surface area contributed by atoms with Crippen LogP contribution in [0.3, 0.4) is 0 Å². The quantitative estimate of drug-likeness (QED) is 0.749. The number of rotatable bonds is 1. The zero-order valence-electron chi connectivity index (χ0n) is 14.5. The maximum Gasteiger partial charge on any atom is 0.140 e. The van der Waals surface area contributed by atoms with E-state index in [0.29, 0.717) is 12.1 Å². The molecule has 3 rings (SSSR count). The van der Waals surface area contributed by atoms with Gasteiger partial charge in [0.2, 0.25) is 0 Å². The molecule has 0 aliphatic carbocycles. The van der Waals surface area contributed by atoms with Gasteiger partial charge in [0, 0.05) is 40.6 Å². The molecule has 1 aromatic heterocycles. The van der Waals surface area contributed by atoms with Crippen molar-refractivity contribution in [2.75, 3.05) is 18.0 Å². The predicted octanol–water partition coefficient (Wildman–Crippen LogP) is 4.09. The first-order valence-electron chi connectivity index (χ1n) is 8.21. The fraction of sp³-hybridized carbons (Fsp3) is 0.556. The second kappa shape index (κ2) is 6.02. The number of hydrogen-bond acceptors (Lipinski definition) is 4. The van der Waals surface area contributed by atoms with Crippen molar-refractivity contribution < 1.29 is 0 Å². The first kappa shape index (κ1) is 16.7. The summed E-state index contributed by atoms with van der Waals surface area (Å²) in [6, 6.07) is 7.03. The lowest BCUT2D eigenvalue weighted by molar-refractivity contribution is 0.0946. The lowest BCUT2D eigenvalue weighted by Crippen LogP contribution is -2.61. The number of fused-ring (bicyclic) bond motifs is 1. The average molecular weight is 377 g/mol. The van der Waals surface area contributed by atoms with Crippen LogP contribution in [0.5, 0.6) is 0 Å². The number of anilines is 1. The molecule has 1 aromatic carbocycles. The van der Waals surface area contributed by atoms with Gasteiger partial charge in [0.1, 0.15) is 12.1 Å². The first-order chi connectivity index (χ1) is 10.8. The van der Waals surface area contributed by atoms with Crippen molar-refractivity contribution in [3.05, 3.63) is 29.0 Å². The molecule has 23 heavy (non-hydrogen) atoms. The van der Waals surface area contributed by atoms with Crippen LogP contribution in [0.15, 0.2) is 29.0 Å². The number of nitrogens with zero attached hydrogens (tertiary/aromatic N) is 4. The molecule has 2 atom stereocenters. The molecule has 0 saturated carbocycles. The SMILES string of the molecule is C[C@@H]1CN(C(C)(C)C)C[C@H](C)N1c1ncnc2ccc(Br)cc12. The molecule has 0 spiro atoms. The Labute approximate surface area is 147 Å². The summed E-state index contributed by atoms with van der Waals surface area (Å²) in [7, 11) is 0. The number of halogens is 1. The number of benzene rings is 1. The van der Waals surface area contributed by atoms with E-state index < -0.39 is 0 Å². The fourth-order valence-electron chi connectivity index (χ4n) is 3.51. The van der Waals surface area contributed by atoms with Gasteiger partial charge in [0.25, 0.3) is 0 Å². The van der Waals surface area contributed by atoms with Crippen LogP contribution in [0.25, 0.3) is 10.9 Å². The summed E-state index contributed by atoms with van der Waals surface area (Å²) >= 11 is 3.57. The molecule has 1 saturated heterocycles. The van der Waals surface area contributed by atoms with Gasteiger partial charge in [-0.3, -0.25) is 4.90 Å². The summed E-state index contributed by atoms with van der Waals surface area (Å²) < 4.78 is 1.06. The third kappa shape index (κ3) is 3.22. The van der Waals surface area contributed by atoms with Gasteiger partial charge >= 0.3 is 0 Å². The van der Waals surface area contributed by atoms with E-state index in [-0.39, 0.29) is 5.54 Å². The van der Waals surface area contributed by atoms with Gasteiger partial charge in [-0.05, 0) is 52.8 Å². The number of aromatic nitrogens is 2. The molecule has 1 aliphatic heterocycles. The summed E-state index contributed by atoms with van der Waals surface area (Å²) in [5.74, 6) is 1.05. The van der Waals surface area contributed by atoms with E-state index in [2.05, 4.69) is 76.4 Å². The van der Waals surface area contributed by atoms with Crippen LogP contribution in [0.4, 0.5) is 5.82 Å². The maximum absolute atomic E-state index is 4.64. The van der Waals surface area contributed by atoms with E-state index in [1.54, 1.807) is 6.33 Å². The molecule has 1 fully saturated rings. The van der Waals surface area contributed by atoms with Crippen LogP contribution in [-0.2, 0) is 0 Å². The van der Waals surface area contributed by atoms with Crippen LogP contribution >= 0.6 is 15.9 Å². The Kier molecular flexibility index (Phi) is 4.36. The number of hydrogen-bond donors (Lipinski definition) is 0. The third-order valence-corrected chi connectivity index (χ3v) is 5.18. The minimum Gasteiger partial charge on any atom is -0.348 e.